The Morgan fingerprint density at radius 2 is 0.750 bits per heavy atom. The quantitative estimate of drug-likeness (QED) is 0.220. The van der Waals surface area contributed by atoms with E-state index >= 15 is 0 Å². The van der Waals surface area contributed by atoms with E-state index in [9.17, 15) is 0 Å². The van der Waals surface area contributed by atoms with Crippen LogP contribution in [0.1, 0.15) is 39.5 Å². The number of rotatable bonds is 6. The monoisotopic (exact) mass is 525 g/mol. The van der Waals surface area contributed by atoms with E-state index in [1.807, 2.05) is 12.1 Å². The van der Waals surface area contributed by atoms with Gasteiger partial charge < -0.3 is 14.4 Å². The predicted molar refractivity (Wildman–Crippen MR) is 165 cm³/mol. The summed E-state index contributed by atoms with van der Waals surface area (Å²) in [5.41, 5.74) is 8.33. The fourth-order valence-corrected chi connectivity index (χ4v) is 5.07. The first-order valence-corrected chi connectivity index (χ1v) is 13.9. The number of nitrogens with zero attached hydrogens (tertiary/aromatic N) is 1. The van der Waals surface area contributed by atoms with E-state index in [-0.39, 0.29) is 17.5 Å². The van der Waals surface area contributed by atoms with Gasteiger partial charge in [-0.2, -0.15) is 0 Å². The highest BCUT2D eigenvalue weighted by Gasteiger charge is 2.49. The van der Waals surface area contributed by atoms with Crippen LogP contribution in [0.3, 0.4) is 0 Å². The molecule has 0 aromatic heterocycles. The van der Waals surface area contributed by atoms with Crippen LogP contribution in [0.2, 0.25) is 0 Å². The highest BCUT2D eigenvalue weighted by molar-refractivity contribution is 5.79. The molecule has 1 aliphatic heterocycles. The molecule has 0 bridgehead atoms. The SMILES string of the molecule is CC1(C)OC(c2ccc(N(c3ccc(-c4ccccc4)cc3)c3ccc(-c4ccccc4)cc3)cc2)OC1(C)C. The Hall–Kier alpha value is -4.18. The van der Waals surface area contributed by atoms with Crippen LogP contribution in [0.15, 0.2) is 133 Å². The van der Waals surface area contributed by atoms with Gasteiger partial charge in [0.15, 0.2) is 6.29 Å². The summed E-state index contributed by atoms with van der Waals surface area (Å²) in [7, 11) is 0. The Balaban J connectivity index is 1.35. The molecular weight excluding hydrogens is 490 g/mol. The lowest BCUT2D eigenvalue weighted by molar-refractivity contribution is -0.0895. The Kier molecular flexibility index (Phi) is 6.79. The molecule has 1 saturated heterocycles. The zero-order valence-electron chi connectivity index (χ0n) is 23.5. The van der Waals surface area contributed by atoms with Crippen molar-refractivity contribution in [2.45, 2.75) is 45.2 Å². The van der Waals surface area contributed by atoms with Crippen LogP contribution < -0.4 is 4.90 Å². The van der Waals surface area contributed by atoms with E-state index in [1.165, 1.54) is 22.3 Å². The first-order valence-electron chi connectivity index (χ1n) is 13.9. The Morgan fingerprint density at radius 1 is 0.425 bits per heavy atom. The zero-order valence-corrected chi connectivity index (χ0v) is 23.5. The van der Waals surface area contributed by atoms with Crippen molar-refractivity contribution < 1.29 is 9.47 Å². The van der Waals surface area contributed by atoms with Gasteiger partial charge in [-0.3, -0.25) is 0 Å². The molecule has 0 saturated carbocycles. The summed E-state index contributed by atoms with van der Waals surface area (Å²) in [5.74, 6) is 0. The van der Waals surface area contributed by atoms with Crippen molar-refractivity contribution in [2.24, 2.45) is 0 Å². The molecule has 0 atom stereocenters. The summed E-state index contributed by atoms with van der Waals surface area (Å²) in [5, 5.41) is 0. The molecule has 5 aromatic carbocycles. The van der Waals surface area contributed by atoms with Crippen molar-refractivity contribution in [3.63, 3.8) is 0 Å². The van der Waals surface area contributed by atoms with Crippen LogP contribution in [-0.2, 0) is 9.47 Å². The number of ether oxygens (including phenoxy) is 2. The normalized spacial score (nSPS) is 16.1. The maximum atomic E-state index is 6.29. The molecular formula is C37H35NO2. The van der Waals surface area contributed by atoms with Gasteiger partial charge in [0.05, 0.1) is 11.2 Å². The second-order valence-electron chi connectivity index (χ2n) is 11.3. The fraction of sp³-hybridized carbons (Fsp3) is 0.189. The van der Waals surface area contributed by atoms with Gasteiger partial charge in [-0.1, -0.05) is 97.1 Å². The number of benzene rings is 5. The van der Waals surface area contributed by atoms with Crippen LogP contribution in [0, 0.1) is 0 Å². The lowest BCUT2D eigenvalue weighted by atomic mass is 9.90. The van der Waals surface area contributed by atoms with Crippen LogP contribution in [-0.4, -0.2) is 11.2 Å². The van der Waals surface area contributed by atoms with E-state index < -0.39 is 0 Å². The molecule has 0 N–H and O–H groups in total. The standard InChI is InChI=1S/C37H35NO2/c1-36(2)37(3,4)40-35(39-36)31-19-25-34(26-20-31)38(32-21-15-29(16-22-32)27-11-7-5-8-12-27)33-23-17-30(18-24-33)28-13-9-6-10-14-28/h5-26,35H,1-4H3. The van der Waals surface area contributed by atoms with E-state index in [2.05, 4.69) is 154 Å². The van der Waals surface area contributed by atoms with Crippen LogP contribution in [0.25, 0.3) is 22.3 Å². The second kappa shape index (κ2) is 10.4. The minimum Gasteiger partial charge on any atom is -0.339 e. The minimum atomic E-state index is -0.386. The van der Waals surface area contributed by atoms with Gasteiger partial charge in [-0.15, -0.1) is 0 Å². The summed E-state index contributed by atoms with van der Waals surface area (Å²) in [6, 6.07) is 47.0. The molecule has 3 nitrogen and oxygen atoms in total. The van der Waals surface area contributed by atoms with Crippen LogP contribution >= 0.6 is 0 Å². The molecule has 200 valence electrons. The molecule has 5 aromatic rings. The largest absolute Gasteiger partial charge is 0.339 e. The number of hydrogen-bond donors (Lipinski definition) is 0. The number of hydrogen-bond acceptors (Lipinski definition) is 3. The van der Waals surface area contributed by atoms with Gasteiger partial charge in [-0.25, -0.2) is 0 Å². The van der Waals surface area contributed by atoms with E-state index in [1.54, 1.807) is 0 Å². The highest BCUT2D eigenvalue weighted by atomic mass is 16.7. The molecule has 1 fully saturated rings. The van der Waals surface area contributed by atoms with E-state index in [0.717, 1.165) is 22.6 Å². The van der Waals surface area contributed by atoms with E-state index in [4.69, 9.17) is 9.47 Å². The van der Waals surface area contributed by atoms with Gasteiger partial charge in [0, 0.05) is 22.6 Å². The van der Waals surface area contributed by atoms with Crippen molar-refractivity contribution in [1.82, 2.24) is 0 Å². The smallest absolute Gasteiger partial charge is 0.185 e. The van der Waals surface area contributed by atoms with Gasteiger partial charge >= 0.3 is 0 Å². The molecule has 0 radical (unpaired) electrons. The first-order chi connectivity index (χ1) is 19.3. The Labute approximate surface area is 237 Å². The van der Waals surface area contributed by atoms with Gasteiger partial charge in [0.25, 0.3) is 0 Å². The van der Waals surface area contributed by atoms with E-state index in [0.29, 0.717) is 0 Å². The van der Waals surface area contributed by atoms with Gasteiger partial charge in [-0.05, 0) is 86.3 Å². The van der Waals surface area contributed by atoms with Gasteiger partial charge in [0.2, 0.25) is 0 Å². The lowest BCUT2D eigenvalue weighted by Gasteiger charge is -2.30. The molecule has 6 rings (SSSR count). The molecule has 1 aliphatic rings. The Morgan fingerprint density at radius 3 is 1.12 bits per heavy atom. The third kappa shape index (κ3) is 5.06. The van der Waals surface area contributed by atoms with Gasteiger partial charge in [0.1, 0.15) is 0 Å². The molecule has 0 spiro atoms. The topological polar surface area (TPSA) is 21.7 Å². The molecule has 0 amide bonds. The molecule has 3 heteroatoms. The summed E-state index contributed by atoms with van der Waals surface area (Å²) < 4.78 is 12.6. The fourth-order valence-electron chi connectivity index (χ4n) is 5.07. The van der Waals surface area contributed by atoms with Crippen molar-refractivity contribution in [2.75, 3.05) is 4.90 Å². The summed E-state index contributed by atoms with van der Waals surface area (Å²) in [4.78, 5) is 2.29. The average Bonchev–Trinajstić information content (AvgIpc) is 3.21. The maximum Gasteiger partial charge on any atom is 0.185 e. The lowest BCUT2D eigenvalue weighted by Crippen LogP contribution is -2.41. The van der Waals surface area contributed by atoms with Crippen LogP contribution in [0.4, 0.5) is 17.1 Å². The minimum absolute atomic E-state index is 0.372. The summed E-state index contributed by atoms with van der Waals surface area (Å²) in [6.45, 7) is 8.34. The summed E-state index contributed by atoms with van der Waals surface area (Å²) >= 11 is 0. The molecule has 0 aliphatic carbocycles. The third-order valence-corrected chi connectivity index (χ3v) is 8.14. The predicted octanol–water partition coefficient (Wildman–Crippen LogP) is 10.1. The average molecular weight is 526 g/mol. The molecule has 0 unspecified atom stereocenters. The molecule has 1 heterocycles. The van der Waals surface area contributed by atoms with Crippen molar-refractivity contribution in [3.8, 4) is 22.3 Å². The maximum absolute atomic E-state index is 6.29. The highest BCUT2D eigenvalue weighted by Crippen LogP contribution is 2.45. The third-order valence-electron chi connectivity index (χ3n) is 8.14. The Bertz CT molecular complexity index is 1460. The summed E-state index contributed by atoms with van der Waals surface area (Å²) in [6.07, 6.45) is -0.386. The van der Waals surface area contributed by atoms with Crippen molar-refractivity contribution >= 4 is 17.1 Å². The number of anilines is 3. The second-order valence-corrected chi connectivity index (χ2v) is 11.3. The molecule has 40 heavy (non-hydrogen) atoms. The van der Waals surface area contributed by atoms with Crippen molar-refractivity contribution in [1.29, 1.82) is 0 Å². The van der Waals surface area contributed by atoms with Crippen molar-refractivity contribution in [3.05, 3.63) is 139 Å². The first kappa shape index (κ1) is 26.1. The van der Waals surface area contributed by atoms with Crippen LogP contribution in [0.5, 0.6) is 0 Å². The zero-order chi connectivity index (χ0) is 27.7.